The highest BCUT2D eigenvalue weighted by Gasteiger charge is 2.28. The van der Waals surface area contributed by atoms with Crippen LogP contribution >= 0.6 is 0 Å². The van der Waals surface area contributed by atoms with Gasteiger partial charge >= 0.3 is 0 Å². The monoisotopic (exact) mass is 211 g/mol. The predicted octanol–water partition coefficient (Wildman–Crippen LogP) is 2.00. The molecule has 0 aromatic carbocycles. The van der Waals surface area contributed by atoms with E-state index in [0.29, 0.717) is 13.0 Å². The summed E-state index contributed by atoms with van der Waals surface area (Å²) in [5.74, 6) is 0.107. The number of likely N-dealkylation sites (tertiary alicyclic amines) is 1. The maximum atomic E-state index is 11.4. The molecule has 1 unspecified atom stereocenters. The van der Waals surface area contributed by atoms with E-state index < -0.39 is 0 Å². The van der Waals surface area contributed by atoms with E-state index in [1.54, 1.807) is 0 Å². The molecule has 0 aliphatic carbocycles. The minimum atomic E-state index is -0.0480. The molecule has 0 bridgehead atoms. The molecule has 0 N–H and O–H groups in total. The quantitative estimate of drug-likeness (QED) is 0.477. The third kappa shape index (κ3) is 4.02. The highest BCUT2D eigenvalue weighted by molar-refractivity contribution is 5.82. The van der Waals surface area contributed by atoms with Crippen molar-refractivity contribution < 1.29 is 9.59 Å². The van der Waals surface area contributed by atoms with Crippen LogP contribution in [0.1, 0.15) is 45.4 Å². The minimum Gasteiger partial charge on any atom is -0.342 e. The van der Waals surface area contributed by atoms with Gasteiger partial charge < -0.3 is 9.69 Å². The van der Waals surface area contributed by atoms with Gasteiger partial charge in [0, 0.05) is 25.4 Å². The van der Waals surface area contributed by atoms with E-state index in [1.165, 1.54) is 25.7 Å². The van der Waals surface area contributed by atoms with Gasteiger partial charge in [0.15, 0.2) is 0 Å². The lowest BCUT2D eigenvalue weighted by Crippen LogP contribution is -2.26. The van der Waals surface area contributed by atoms with E-state index in [9.17, 15) is 9.59 Å². The molecule has 3 nitrogen and oxygen atoms in total. The summed E-state index contributed by atoms with van der Waals surface area (Å²) in [6.07, 6.45) is 7.41. The number of nitrogens with zero attached hydrogens (tertiary/aromatic N) is 1. The highest BCUT2D eigenvalue weighted by atomic mass is 16.2. The second-order valence-corrected chi connectivity index (χ2v) is 4.35. The van der Waals surface area contributed by atoms with Gasteiger partial charge in [-0.25, -0.2) is 0 Å². The van der Waals surface area contributed by atoms with Crippen LogP contribution < -0.4 is 0 Å². The first-order valence-electron chi connectivity index (χ1n) is 6.01. The summed E-state index contributed by atoms with van der Waals surface area (Å²) in [6, 6.07) is 0. The maximum Gasteiger partial charge on any atom is 0.223 e. The zero-order valence-corrected chi connectivity index (χ0v) is 9.58. The van der Waals surface area contributed by atoms with Crippen molar-refractivity contribution in [2.24, 2.45) is 5.92 Å². The van der Waals surface area contributed by atoms with Crippen LogP contribution in [0.3, 0.4) is 0 Å². The fraction of sp³-hybridized carbons (Fsp3) is 0.833. The van der Waals surface area contributed by atoms with Gasteiger partial charge in [0.2, 0.25) is 5.91 Å². The zero-order valence-electron chi connectivity index (χ0n) is 9.58. The molecule has 1 atom stereocenters. The first-order chi connectivity index (χ1) is 7.27. The standard InChI is InChI=1S/C12H21NO2/c1-2-3-4-5-6-7-13-9-11(10-14)8-12(13)15/h10-11H,2-9H2,1H3. The van der Waals surface area contributed by atoms with Crippen molar-refractivity contribution in [1.29, 1.82) is 0 Å². The Bertz CT molecular complexity index is 216. The van der Waals surface area contributed by atoms with E-state index in [1.807, 2.05) is 4.90 Å². The fourth-order valence-corrected chi connectivity index (χ4v) is 2.02. The van der Waals surface area contributed by atoms with Gasteiger partial charge in [-0.3, -0.25) is 4.79 Å². The smallest absolute Gasteiger partial charge is 0.223 e. The van der Waals surface area contributed by atoms with E-state index in [-0.39, 0.29) is 11.8 Å². The summed E-state index contributed by atoms with van der Waals surface area (Å²) >= 11 is 0. The number of unbranched alkanes of at least 4 members (excludes halogenated alkanes) is 4. The van der Waals surface area contributed by atoms with Crippen molar-refractivity contribution in [2.45, 2.75) is 45.4 Å². The lowest BCUT2D eigenvalue weighted by molar-refractivity contribution is -0.128. The second kappa shape index (κ2) is 6.59. The number of aldehydes is 1. The van der Waals surface area contributed by atoms with Gasteiger partial charge in [-0.2, -0.15) is 0 Å². The molecule has 86 valence electrons. The fourth-order valence-electron chi connectivity index (χ4n) is 2.02. The van der Waals surface area contributed by atoms with Crippen LogP contribution in [0, 0.1) is 5.92 Å². The second-order valence-electron chi connectivity index (χ2n) is 4.35. The molecule has 1 fully saturated rings. The molecule has 0 aromatic heterocycles. The van der Waals surface area contributed by atoms with Crippen LogP contribution in [0.25, 0.3) is 0 Å². The SMILES string of the molecule is CCCCCCCN1CC(C=O)CC1=O. The Morgan fingerprint density at radius 3 is 2.67 bits per heavy atom. The van der Waals surface area contributed by atoms with Crippen molar-refractivity contribution in [3.05, 3.63) is 0 Å². The van der Waals surface area contributed by atoms with Crippen LogP contribution in [0.15, 0.2) is 0 Å². The van der Waals surface area contributed by atoms with Gasteiger partial charge in [-0.1, -0.05) is 32.6 Å². The van der Waals surface area contributed by atoms with Gasteiger partial charge in [0.05, 0.1) is 0 Å². The topological polar surface area (TPSA) is 37.4 Å². The average molecular weight is 211 g/mol. The summed E-state index contributed by atoms with van der Waals surface area (Å²) in [6.45, 7) is 3.68. The molecule has 1 saturated heterocycles. The average Bonchev–Trinajstić information content (AvgIpc) is 2.59. The zero-order chi connectivity index (χ0) is 11.1. The van der Waals surface area contributed by atoms with Crippen LogP contribution in [-0.2, 0) is 9.59 Å². The van der Waals surface area contributed by atoms with Crippen molar-refractivity contribution in [1.82, 2.24) is 4.90 Å². The van der Waals surface area contributed by atoms with Crippen molar-refractivity contribution in [2.75, 3.05) is 13.1 Å². The number of hydrogen-bond acceptors (Lipinski definition) is 2. The molecule has 0 saturated carbocycles. The first-order valence-corrected chi connectivity index (χ1v) is 6.01. The number of carbonyl (C=O) groups excluding carboxylic acids is 2. The molecule has 0 spiro atoms. The van der Waals surface area contributed by atoms with Gasteiger partial charge in [-0.15, -0.1) is 0 Å². The van der Waals surface area contributed by atoms with E-state index >= 15 is 0 Å². The summed E-state index contributed by atoms with van der Waals surface area (Å²) < 4.78 is 0. The summed E-state index contributed by atoms with van der Waals surface area (Å²) in [7, 11) is 0. The normalized spacial score (nSPS) is 21.0. The Morgan fingerprint density at radius 2 is 2.07 bits per heavy atom. The molecule has 1 aliphatic heterocycles. The third-order valence-electron chi connectivity index (χ3n) is 2.97. The van der Waals surface area contributed by atoms with Crippen LogP contribution in [0.2, 0.25) is 0 Å². The molecule has 1 aliphatic rings. The highest BCUT2D eigenvalue weighted by Crippen LogP contribution is 2.16. The molecule has 3 heteroatoms. The summed E-state index contributed by atoms with van der Waals surface area (Å²) in [5, 5.41) is 0. The molecular formula is C12H21NO2. The van der Waals surface area contributed by atoms with E-state index in [2.05, 4.69) is 6.92 Å². The maximum absolute atomic E-state index is 11.4. The molecule has 1 amide bonds. The number of hydrogen-bond donors (Lipinski definition) is 0. The van der Waals surface area contributed by atoms with E-state index in [0.717, 1.165) is 19.3 Å². The summed E-state index contributed by atoms with van der Waals surface area (Å²) in [4.78, 5) is 23.8. The largest absolute Gasteiger partial charge is 0.342 e. The molecule has 1 heterocycles. The molecule has 15 heavy (non-hydrogen) atoms. The molecular weight excluding hydrogens is 190 g/mol. The molecule has 0 radical (unpaired) electrons. The lowest BCUT2D eigenvalue weighted by atomic mass is 10.1. The van der Waals surface area contributed by atoms with E-state index in [4.69, 9.17) is 0 Å². The van der Waals surface area contributed by atoms with Crippen molar-refractivity contribution in [3.63, 3.8) is 0 Å². The van der Waals surface area contributed by atoms with Gasteiger partial charge in [-0.05, 0) is 6.42 Å². The lowest BCUT2D eigenvalue weighted by Gasteiger charge is -2.15. The van der Waals surface area contributed by atoms with Gasteiger partial charge in [0.1, 0.15) is 6.29 Å². The predicted molar refractivity (Wildman–Crippen MR) is 59.5 cm³/mol. The Kier molecular flexibility index (Phi) is 5.37. The molecule has 1 rings (SSSR count). The van der Waals surface area contributed by atoms with Crippen LogP contribution in [0.4, 0.5) is 0 Å². The van der Waals surface area contributed by atoms with Crippen molar-refractivity contribution in [3.8, 4) is 0 Å². The van der Waals surface area contributed by atoms with Gasteiger partial charge in [0.25, 0.3) is 0 Å². The first kappa shape index (κ1) is 12.2. The third-order valence-corrected chi connectivity index (χ3v) is 2.97. The Labute approximate surface area is 91.8 Å². The Balaban J connectivity index is 2.11. The minimum absolute atomic E-state index is 0.0480. The van der Waals surface area contributed by atoms with Crippen LogP contribution in [0.5, 0.6) is 0 Å². The Morgan fingerprint density at radius 1 is 1.33 bits per heavy atom. The number of rotatable bonds is 7. The summed E-state index contributed by atoms with van der Waals surface area (Å²) in [5.41, 5.74) is 0. The van der Waals surface area contributed by atoms with Crippen LogP contribution in [-0.4, -0.2) is 30.2 Å². The van der Waals surface area contributed by atoms with Crippen molar-refractivity contribution >= 4 is 12.2 Å². The molecule has 0 aromatic rings. The number of carbonyl (C=O) groups is 2. The number of amides is 1. The Hall–Kier alpha value is -0.860.